The van der Waals surface area contributed by atoms with Gasteiger partial charge in [-0.2, -0.15) is 0 Å². The van der Waals surface area contributed by atoms with Crippen LogP contribution in [0.15, 0.2) is 4.42 Å². The fourth-order valence-corrected chi connectivity index (χ4v) is 0.838. The minimum absolute atomic E-state index is 0.0838. The molecule has 0 radical (unpaired) electrons. The van der Waals surface area contributed by atoms with E-state index < -0.39 is 0 Å². The Morgan fingerprint density at radius 2 is 2.00 bits per heavy atom. The van der Waals surface area contributed by atoms with Crippen LogP contribution in [-0.2, 0) is 5.41 Å². The van der Waals surface area contributed by atoms with Crippen molar-refractivity contribution in [3.63, 3.8) is 0 Å². The molecule has 0 aromatic carbocycles. The summed E-state index contributed by atoms with van der Waals surface area (Å²) in [6.07, 6.45) is 0. The molecule has 2 N–H and O–H groups in total. The van der Waals surface area contributed by atoms with Crippen LogP contribution in [0.4, 0.5) is 0 Å². The smallest absolute Gasteiger partial charge is 0.221 e. The molecule has 0 aliphatic carbocycles. The molecule has 0 fully saturated rings. The molecular formula is C9H17N3O. The third-order valence-electron chi connectivity index (χ3n) is 1.86. The van der Waals surface area contributed by atoms with Crippen molar-refractivity contribution < 1.29 is 4.42 Å². The molecule has 0 amide bonds. The largest absolute Gasteiger partial charge is 0.424 e. The van der Waals surface area contributed by atoms with E-state index in [1.54, 1.807) is 0 Å². The van der Waals surface area contributed by atoms with E-state index in [-0.39, 0.29) is 11.3 Å². The van der Waals surface area contributed by atoms with Gasteiger partial charge in [-0.3, -0.25) is 0 Å². The maximum absolute atomic E-state index is 5.50. The second-order valence-electron chi connectivity index (χ2n) is 4.33. The van der Waals surface area contributed by atoms with Gasteiger partial charge in [-0.1, -0.05) is 27.7 Å². The highest BCUT2D eigenvalue weighted by molar-refractivity contribution is 4.98. The lowest BCUT2D eigenvalue weighted by atomic mass is 9.97. The molecule has 0 saturated carbocycles. The van der Waals surface area contributed by atoms with Crippen LogP contribution >= 0.6 is 0 Å². The quantitative estimate of drug-likeness (QED) is 0.753. The monoisotopic (exact) mass is 183 g/mol. The Kier molecular flexibility index (Phi) is 2.71. The molecule has 74 valence electrons. The summed E-state index contributed by atoms with van der Waals surface area (Å²) in [5, 5.41) is 7.94. The molecule has 1 unspecified atom stereocenters. The van der Waals surface area contributed by atoms with Gasteiger partial charge in [-0.25, -0.2) is 0 Å². The lowest BCUT2D eigenvalue weighted by molar-refractivity contribution is 0.360. The first-order valence-electron chi connectivity index (χ1n) is 4.49. The van der Waals surface area contributed by atoms with E-state index in [9.17, 15) is 0 Å². The molecule has 4 heteroatoms. The van der Waals surface area contributed by atoms with E-state index >= 15 is 0 Å². The summed E-state index contributed by atoms with van der Waals surface area (Å²) in [6.45, 7) is 8.62. The zero-order valence-electron chi connectivity index (χ0n) is 8.66. The summed E-state index contributed by atoms with van der Waals surface area (Å²) in [5.74, 6) is 1.44. The molecule has 0 aliphatic rings. The van der Waals surface area contributed by atoms with Gasteiger partial charge in [0.15, 0.2) is 0 Å². The lowest BCUT2D eigenvalue weighted by Gasteiger charge is -2.11. The first-order valence-corrected chi connectivity index (χ1v) is 4.49. The van der Waals surface area contributed by atoms with E-state index in [0.29, 0.717) is 18.3 Å². The first kappa shape index (κ1) is 10.2. The van der Waals surface area contributed by atoms with Crippen molar-refractivity contribution in [2.24, 2.45) is 5.73 Å². The second-order valence-corrected chi connectivity index (χ2v) is 4.33. The Hall–Kier alpha value is -0.900. The molecule has 0 bridgehead atoms. The number of rotatable bonds is 2. The predicted molar refractivity (Wildman–Crippen MR) is 50.5 cm³/mol. The van der Waals surface area contributed by atoms with Gasteiger partial charge in [0.2, 0.25) is 11.8 Å². The highest BCUT2D eigenvalue weighted by atomic mass is 16.4. The zero-order valence-corrected chi connectivity index (χ0v) is 8.66. The van der Waals surface area contributed by atoms with E-state index in [4.69, 9.17) is 10.2 Å². The number of nitrogens with zero attached hydrogens (tertiary/aromatic N) is 2. The summed E-state index contributed by atoms with van der Waals surface area (Å²) in [4.78, 5) is 0. The summed E-state index contributed by atoms with van der Waals surface area (Å²) < 4.78 is 5.50. The number of aromatic nitrogens is 2. The van der Waals surface area contributed by atoms with Gasteiger partial charge in [0.1, 0.15) is 0 Å². The van der Waals surface area contributed by atoms with Crippen LogP contribution < -0.4 is 5.73 Å². The Morgan fingerprint density at radius 1 is 1.38 bits per heavy atom. The molecule has 0 spiro atoms. The van der Waals surface area contributed by atoms with Crippen LogP contribution in [0.25, 0.3) is 0 Å². The number of hydrogen-bond donors (Lipinski definition) is 1. The van der Waals surface area contributed by atoms with Crippen molar-refractivity contribution >= 4 is 0 Å². The van der Waals surface area contributed by atoms with Crippen LogP contribution in [0.5, 0.6) is 0 Å². The van der Waals surface area contributed by atoms with Crippen molar-refractivity contribution in [2.75, 3.05) is 6.54 Å². The van der Waals surface area contributed by atoms with Gasteiger partial charge in [0.25, 0.3) is 0 Å². The highest BCUT2D eigenvalue weighted by Crippen LogP contribution is 2.22. The summed E-state index contributed by atoms with van der Waals surface area (Å²) in [7, 11) is 0. The molecule has 1 heterocycles. The van der Waals surface area contributed by atoms with Crippen LogP contribution in [-0.4, -0.2) is 16.7 Å². The van der Waals surface area contributed by atoms with Gasteiger partial charge in [0, 0.05) is 17.9 Å². The second kappa shape index (κ2) is 3.46. The van der Waals surface area contributed by atoms with Gasteiger partial charge in [-0.15, -0.1) is 10.2 Å². The maximum Gasteiger partial charge on any atom is 0.221 e. The van der Waals surface area contributed by atoms with E-state index in [2.05, 4.69) is 10.2 Å². The Labute approximate surface area is 78.5 Å². The van der Waals surface area contributed by atoms with Crippen LogP contribution in [0.1, 0.15) is 45.4 Å². The third-order valence-corrected chi connectivity index (χ3v) is 1.86. The molecule has 4 nitrogen and oxygen atoms in total. The molecule has 1 rings (SSSR count). The highest BCUT2D eigenvalue weighted by Gasteiger charge is 2.22. The first-order chi connectivity index (χ1) is 5.95. The Morgan fingerprint density at radius 3 is 2.38 bits per heavy atom. The SMILES string of the molecule is CC(CN)c1nnc(C(C)(C)C)o1. The Bertz CT molecular complexity index is 275. The summed E-state index contributed by atoms with van der Waals surface area (Å²) in [6, 6.07) is 0. The normalized spacial score (nSPS) is 14.5. The fraction of sp³-hybridized carbons (Fsp3) is 0.778. The van der Waals surface area contributed by atoms with Crippen molar-refractivity contribution in [3.8, 4) is 0 Å². The standard InChI is InChI=1S/C9H17N3O/c1-6(5-10)7-11-12-8(13-7)9(2,3)4/h6H,5,10H2,1-4H3. The van der Waals surface area contributed by atoms with E-state index in [1.807, 2.05) is 27.7 Å². The minimum atomic E-state index is -0.0838. The van der Waals surface area contributed by atoms with Crippen molar-refractivity contribution in [1.82, 2.24) is 10.2 Å². The fourth-order valence-electron chi connectivity index (χ4n) is 0.838. The average Bonchev–Trinajstić information content (AvgIpc) is 2.50. The van der Waals surface area contributed by atoms with Crippen molar-refractivity contribution in [3.05, 3.63) is 11.8 Å². The molecule has 1 aromatic rings. The molecule has 13 heavy (non-hydrogen) atoms. The minimum Gasteiger partial charge on any atom is -0.424 e. The van der Waals surface area contributed by atoms with Crippen molar-refractivity contribution in [2.45, 2.75) is 39.0 Å². The molecule has 1 atom stereocenters. The third kappa shape index (κ3) is 2.28. The van der Waals surface area contributed by atoms with Crippen LogP contribution in [0, 0.1) is 0 Å². The molecule has 1 aromatic heterocycles. The summed E-state index contributed by atoms with van der Waals surface area (Å²) in [5.41, 5.74) is 5.41. The van der Waals surface area contributed by atoms with Crippen LogP contribution in [0.2, 0.25) is 0 Å². The topological polar surface area (TPSA) is 64.9 Å². The number of nitrogens with two attached hydrogens (primary N) is 1. The van der Waals surface area contributed by atoms with Gasteiger partial charge in [-0.05, 0) is 0 Å². The van der Waals surface area contributed by atoms with Gasteiger partial charge >= 0.3 is 0 Å². The average molecular weight is 183 g/mol. The maximum atomic E-state index is 5.50. The predicted octanol–water partition coefficient (Wildman–Crippen LogP) is 1.43. The lowest BCUT2D eigenvalue weighted by Crippen LogP contribution is -2.11. The van der Waals surface area contributed by atoms with Crippen molar-refractivity contribution in [1.29, 1.82) is 0 Å². The zero-order chi connectivity index (χ0) is 10.1. The van der Waals surface area contributed by atoms with Gasteiger partial charge < -0.3 is 10.2 Å². The van der Waals surface area contributed by atoms with Crippen LogP contribution in [0.3, 0.4) is 0 Å². The molecule has 0 aliphatic heterocycles. The molecular weight excluding hydrogens is 166 g/mol. The summed E-state index contributed by atoms with van der Waals surface area (Å²) >= 11 is 0. The van der Waals surface area contributed by atoms with E-state index in [0.717, 1.165) is 0 Å². The Balaban J connectivity index is 2.87. The molecule has 0 saturated heterocycles. The number of hydrogen-bond acceptors (Lipinski definition) is 4. The van der Waals surface area contributed by atoms with E-state index in [1.165, 1.54) is 0 Å². The van der Waals surface area contributed by atoms with Gasteiger partial charge in [0.05, 0.1) is 0 Å².